The standard InChI is InChI=1S/C16H18FN3O2/c1-11(2)9-19-16(21)20-13-6-7-15(18-10-13)22-14-5-3-4-12(17)8-14/h3-8,10-11H,9H2,1-2H3,(H2,19,20,21). The Balaban J connectivity index is 1.91. The van der Waals surface area contributed by atoms with Gasteiger partial charge < -0.3 is 15.4 Å². The second-order valence-electron chi connectivity index (χ2n) is 5.17. The van der Waals surface area contributed by atoms with Crippen molar-refractivity contribution in [3.8, 4) is 11.6 Å². The molecule has 2 rings (SSSR count). The molecule has 2 N–H and O–H groups in total. The van der Waals surface area contributed by atoms with Crippen LogP contribution in [0.5, 0.6) is 11.6 Å². The molecule has 6 heteroatoms. The molecule has 2 aromatic rings. The van der Waals surface area contributed by atoms with Crippen molar-refractivity contribution in [3.05, 3.63) is 48.4 Å². The molecule has 5 nitrogen and oxygen atoms in total. The Kier molecular flexibility index (Phi) is 5.30. The zero-order valence-electron chi connectivity index (χ0n) is 12.5. The number of benzene rings is 1. The van der Waals surface area contributed by atoms with Gasteiger partial charge in [0, 0.05) is 18.7 Å². The zero-order chi connectivity index (χ0) is 15.9. The minimum absolute atomic E-state index is 0.283. The van der Waals surface area contributed by atoms with Gasteiger partial charge >= 0.3 is 6.03 Å². The Morgan fingerprint density at radius 3 is 2.77 bits per heavy atom. The molecule has 0 bridgehead atoms. The molecule has 22 heavy (non-hydrogen) atoms. The van der Waals surface area contributed by atoms with Gasteiger partial charge in [-0.2, -0.15) is 0 Å². The second-order valence-corrected chi connectivity index (χ2v) is 5.17. The van der Waals surface area contributed by atoms with Gasteiger partial charge in [0.2, 0.25) is 5.88 Å². The third-order valence-electron chi connectivity index (χ3n) is 2.68. The largest absolute Gasteiger partial charge is 0.439 e. The number of halogens is 1. The van der Waals surface area contributed by atoms with Crippen molar-refractivity contribution in [2.45, 2.75) is 13.8 Å². The van der Waals surface area contributed by atoms with Gasteiger partial charge in [-0.15, -0.1) is 0 Å². The Hall–Kier alpha value is -2.63. The van der Waals surface area contributed by atoms with E-state index in [-0.39, 0.29) is 11.8 Å². The highest BCUT2D eigenvalue weighted by Crippen LogP contribution is 2.20. The molecule has 1 heterocycles. The van der Waals surface area contributed by atoms with E-state index in [2.05, 4.69) is 15.6 Å². The summed E-state index contributed by atoms with van der Waals surface area (Å²) in [5.74, 6) is 0.685. The van der Waals surface area contributed by atoms with E-state index in [1.165, 1.54) is 18.3 Å². The van der Waals surface area contributed by atoms with Crippen LogP contribution in [0.15, 0.2) is 42.6 Å². The van der Waals surface area contributed by atoms with E-state index >= 15 is 0 Å². The van der Waals surface area contributed by atoms with E-state index in [0.29, 0.717) is 29.8 Å². The van der Waals surface area contributed by atoms with Gasteiger partial charge in [0.1, 0.15) is 11.6 Å². The van der Waals surface area contributed by atoms with Crippen molar-refractivity contribution in [2.75, 3.05) is 11.9 Å². The van der Waals surface area contributed by atoms with Gasteiger partial charge in [0.25, 0.3) is 0 Å². The lowest BCUT2D eigenvalue weighted by Crippen LogP contribution is -2.31. The van der Waals surface area contributed by atoms with Gasteiger partial charge in [-0.05, 0) is 24.1 Å². The summed E-state index contributed by atoms with van der Waals surface area (Å²) in [5.41, 5.74) is 0.549. The van der Waals surface area contributed by atoms with Gasteiger partial charge in [0.15, 0.2) is 0 Å². The number of rotatable bonds is 5. The van der Waals surface area contributed by atoms with Crippen molar-refractivity contribution >= 4 is 11.7 Å². The quantitative estimate of drug-likeness (QED) is 0.883. The molecule has 0 fully saturated rings. The van der Waals surface area contributed by atoms with Crippen LogP contribution in [0.4, 0.5) is 14.9 Å². The van der Waals surface area contributed by atoms with Crippen LogP contribution in [0.2, 0.25) is 0 Å². The first-order valence-corrected chi connectivity index (χ1v) is 6.97. The van der Waals surface area contributed by atoms with Gasteiger partial charge in [-0.3, -0.25) is 0 Å². The van der Waals surface area contributed by atoms with Crippen LogP contribution in [-0.2, 0) is 0 Å². The highest BCUT2D eigenvalue weighted by Gasteiger charge is 2.04. The highest BCUT2D eigenvalue weighted by molar-refractivity contribution is 5.88. The van der Waals surface area contributed by atoms with Crippen LogP contribution in [0.1, 0.15) is 13.8 Å². The number of amides is 2. The topological polar surface area (TPSA) is 63.2 Å². The van der Waals surface area contributed by atoms with E-state index in [4.69, 9.17) is 4.74 Å². The zero-order valence-corrected chi connectivity index (χ0v) is 12.5. The van der Waals surface area contributed by atoms with Crippen molar-refractivity contribution in [1.29, 1.82) is 0 Å². The predicted molar refractivity (Wildman–Crippen MR) is 82.6 cm³/mol. The summed E-state index contributed by atoms with van der Waals surface area (Å²) in [4.78, 5) is 15.7. The lowest BCUT2D eigenvalue weighted by Gasteiger charge is -2.10. The summed E-state index contributed by atoms with van der Waals surface area (Å²) in [7, 11) is 0. The molecule has 1 aromatic heterocycles. The van der Waals surface area contributed by atoms with Crippen LogP contribution in [0.25, 0.3) is 0 Å². The van der Waals surface area contributed by atoms with E-state index in [0.717, 1.165) is 0 Å². The first-order valence-electron chi connectivity index (χ1n) is 6.97. The van der Waals surface area contributed by atoms with E-state index in [1.807, 2.05) is 13.8 Å². The number of carbonyl (C=O) groups is 1. The molecule has 0 radical (unpaired) electrons. The molecule has 0 aliphatic rings. The fraction of sp³-hybridized carbons (Fsp3) is 0.250. The first kappa shape index (κ1) is 15.8. The third-order valence-corrected chi connectivity index (χ3v) is 2.68. The average molecular weight is 303 g/mol. The summed E-state index contributed by atoms with van der Waals surface area (Å²) < 4.78 is 18.5. The molecule has 0 atom stereocenters. The minimum atomic E-state index is -0.377. The molecule has 0 aliphatic carbocycles. The highest BCUT2D eigenvalue weighted by atomic mass is 19.1. The van der Waals surface area contributed by atoms with Gasteiger partial charge in [0.05, 0.1) is 11.9 Å². The summed E-state index contributed by atoms with van der Waals surface area (Å²) in [6.45, 7) is 4.63. The number of ether oxygens (including phenoxy) is 1. The van der Waals surface area contributed by atoms with Crippen LogP contribution in [0, 0.1) is 11.7 Å². The number of urea groups is 1. The Morgan fingerprint density at radius 1 is 1.32 bits per heavy atom. The Bertz CT molecular complexity index is 630. The molecule has 0 aliphatic heterocycles. The van der Waals surface area contributed by atoms with Crippen LogP contribution >= 0.6 is 0 Å². The number of nitrogens with zero attached hydrogens (tertiary/aromatic N) is 1. The van der Waals surface area contributed by atoms with Crippen molar-refractivity contribution in [2.24, 2.45) is 5.92 Å². The smallest absolute Gasteiger partial charge is 0.319 e. The maximum absolute atomic E-state index is 13.1. The number of aromatic nitrogens is 1. The lowest BCUT2D eigenvalue weighted by atomic mass is 10.2. The maximum Gasteiger partial charge on any atom is 0.319 e. The Labute approximate surface area is 128 Å². The van der Waals surface area contributed by atoms with Crippen LogP contribution in [0.3, 0.4) is 0 Å². The molecule has 0 saturated heterocycles. The van der Waals surface area contributed by atoms with Gasteiger partial charge in [-0.1, -0.05) is 19.9 Å². The molecule has 0 unspecified atom stereocenters. The third kappa shape index (κ3) is 5.05. The van der Waals surface area contributed by atoms with Crippen LogP contribution < -0.4 is 15.4 Å². The second kappa shape index (κ2) is 7.40. The summed E-state index contributed by atoms with van der Waals surface area (Å²) in [5, 5.41) is 5.41. The molecule has 0 saturated carbocycles. The predicted octanol–water partition coefficient (Wildman–Crippen LogP) is 3.79. The fourth-order valence-electron chi connectivity index (χ4n) is 1.64. The summed E-state index contributed by atoms with van der Waals surface area (Å²) in [6, 6.07) is 8.78. The number of carbonyl (C=O) groups excluding carboxylic acids is 1. The van der Waals surface area contributed by atoms with Crippen LogP contribution in [-0.4, -0.2) is 17.6 Å². The number of nitrogens with one attached hydrogen (secondary N) is 2. The summed E-state index contributed by atoms with van der Waals surface area (Å²) in [6.07, 6.45) is 1.48. The molecule has 116 valence electrons. The van der Waals surface area contributed by atoms with E-state index < -0.39 is 0 Å². The van der Waals surface area contributed by atoms with Crippen molar-refractivity contribution < 1.29 is 13.9 Å². The molecule has 2 amide bonds. The fourth-order valence-corrected chi connectivity index (χ4v) is 1.64. The maximum atomic E-state index is 13.1. The average Bonchev–Trinajstić information content (AvgIpc) is 2.47. The SMILES string of the molecule is CC(C)CNC(=O)Nc1ccc(Oc2cccc(F)c2)nc1. The minimum Gasteiger partial charge on any atom is -0.439 e. The first-order chi connectivity index (χ1) is 10.5. The number of pyridine rings is 1. The monoisotopic (exact) mass is 303 g/mol. The molecule has 0 spiro atoms. The number of hydrogen-bond donors (Lipinski definition) is 2. The molecule has 1 aromatic carbocycles. The summed E-state index contributed by atoms with van der Waals surface area (Å²) >= 11 is 0. The van der Waals surface area contributed by atoms with Crippen molar-refractivity contribution in [3.63, 3.8) is 0 Å². The van der Waals surface area contributed by atoms with E-state index in [1.54, 1.807) is 24.3 Å². The van der Waals surface area contributed by atoms with E-state index in [9.17, 15) is 9.18 Å². The normalized spacial score (nSPS) is 10.4. The molecular formula is C16H18FN3O2. The van der Waals surface area contributed by atoms with Gasteiger partial charge in [-0.25, -0.2) is 14.2 Å². The Morgan fingerprint density at radius 2 is 2.14 bits per heavy atom. The lowest BCUT2D eigenvalue weighted by molar-refractivity contribution is 0.251. The van der Waals surface area contributed by atoms with Crippen molar-refractivity contribution in [1.82, 2.24) is 10.3 Å². The number of hydrogen-bond acceptors (Lipinski definition) is 3. The number of anilines is 1. The molecular weight excluding hydrogens is 285 g/mol.